The first kappa shape index (κ1) is 13.7. The molecule has 0 saturated carbocycles. The topological polar surface area (TPSA) is 75.7 Å². The quantitative estimate of drug-likeness (QED) is 0.525. The molecule has 5 heteroatoms. The van der Waals surface area contributed by atoms with Gasteiger partial charge in [0.15, 0.2) is 0 Å². The summed E-state index contributed by atoms with van der Waals surface area (Å²) in [4.78, 5) is 14.4. The summed E-state index contributed by atoms with van der Waals surface area (Å²) >= 11 is 0. The normalized spacial score (nSPS) is 12.4. The molecule has 0 radical (unpaired) electrons. The molecule has 0 fully saturated rings. The Morgan fingerprint density at radius 2 is 1.90 bits per heavy atom. The van der Waals surface area contributed by atoms with Crippen LogP contribution < -0.4 is 0 Å². The number of benzene rings is 2. The van der Waals surface area contributed by atoms with Crippen LogP contribution in [0.4, 0.5) is 5.69 Å². The Hall–Kier alpha value is -2.69. The number of nitro groups is 1. The van der Waals surface area contributed by atoms with E-state index in [4.69, 9.17) is 0 Å². The molecule has 0 amide bonds. The highest BCUT2D eigenvalue weighted by molar-refractivity contribution is 5.85. The number of nitro benzene ring substituents is 1. The molecular formula is C15H14N2O3. The molecule has 0 aliphatic rings. The van der Waals surface area contributed by atoms with Gasteiger partial charge in [-0.05, 0) is 18.6 Å². The van der Waals surface area contributed by atoms with Crippen LogP contribution in [0.25, 0.3) is 0 Å². The van der Waals surface area contributed by atoms with E-state index in [1.54, 1.807) is 6.07 Å². The number of phenolic OH excluding ortho intramolecular Hbond substituents is 1. The minimum atomic E-state index is -0.618. The second kappa shape index (κ2) is 5.97. The van der Waals surface area contributed by atoms with Crippen molar-refractivity contribution in [2.45, 2.75) is 13.0 Å². The molecule has 0 heterocycles. The third kappa shape index (κ3) is 3.00. The van der Waals surface area contributed by atoms with Gasteiger partial charge in [0, 0.05) is 17.8 Å². The maximum absolute atomic E-state index is 10.7. The molecule has 0 unspecified atom stereocenters. The van der Waals surface area contributed by atoms with Gasteiger partial charge in [-0.2, -0.15) is 0 Å². The summed E-state index contributed by atoms with van der Waals surface area (Å²) in [7, 11) is 0. The Kier molecular flexibility index (Phi) is 4.10. The summed E-state index contributed by atoms with van der Waals surface area (Å²) in [6.45, 7) is 1.92. The molecule has 5 nitrogen and oxygen atoms in total. The van der Waals surface area contributed by atoms with Gasteiger partial charge in [0.1, 0.15) is 0 Å². The Morgan fingerprint density at radius 1 is 1.20 bits per heavy atom. The Bertz CT molecular complexity index is 639. The number of hydrogen-bond donors (Lipinski definition) is 1. The number of aromatic hydroxyl groups is 1. The van der Waals surface area contributed by atoms with Crippen molar-refractivity contribution >= 4 is 11.9 Å². The van der Waals surface area contributed by atoms with Crippen LogP contribution in [-0.2, 0) is 0 Å². The summed E-state index contributed by atoms with van der Waals surface area (Å²) in [5.74, 6) is -0.360. The molecule has 0 saturated heterocycles. The maximum Gasteiger partial charge on any atom is 0.311 e. The van der Waals surface area contributed by atoms with Gasteiger partial charge in [-0.3, -0.25) is 15.1 Å². The Morgan fingerprint density at radius 3 is 2.55 bits per heavy atom. The van der Waals surface area contributed by atoms with Crippen molar-refractivity contribution in [2.75, 3.05) is 0 Å². The van der Waals surface area contributed by atoms with Crippen molar-refractivity contribution in [3.05, 3.63) is 69.8 Å². The summed E-state index contributed by atoms with van der Waals surface area (Å²) in [5.41, 5.74) is 1.05. The first-order valence-corrected chi connectivity index (χ1v) is 6.14. The second-order valence-corrected chi connectivity index (χ2v) is 4.34. The molecule has 0 bridgehead atoms. The van der Waals surface area contributed by atoms with Gasteiger partial charge in [-0.25, -0.2) is 0 Å². The van der Waals surface area contributed by atoms with Crippen molar-refractivity contribution in [1.29, 1.82) is 0 Å². The van der Waals surface area contributed by atoms with Crippen molar-refractivity contribution in [3.8, 4) is 5.75 Å². The van der Waals surface area contributed by atoms with E-state index in [0.717, 1.165) is 5.56 Å². The van der Waals surface area contributed by atoms with E-state index < -0.39 is 4.92 Å². The molecule has 0 aliphatic carbocycles. The first-order chi connectivity index (χ1) is 9.59. The van der Waals surface area contributed by atoms with Crippen LogP contribution in [0.3, 0.4) is 0 Å². The number of hydrogen-bond acceptors (Lipinski definition) is 4. The second-order valence-electron chi connectivity index (χ2n) is 4.34. The molecule has 0 spiro atoms. The minimum Gasteiger partial charge on any atom is -0.502 e. The molecule has 2 aromatic rings. The lowest BCUT2D eigenvalue weighted by molar-refractivity contribution is -0.385. The zero-order valence-electron chi connectivity index (χ0n) is 10.9. The van der Waals surface area contributed by atoms with E-state index in [2.05, 4.69) is 4.99 Å². The predicted octanol–water partition coefficient (Wildman–Crippen LogP) is 3.48. The van der Waals surface area contributed by atoms with E-state index >= 15 is 0 Å². The average Bonchev–Trinajstić information content (AvgIpc) is 2.46. The molecule has 20 heavy (non-hydrogen) atoms. The van der Waals surface area contributed by atoms with Gasteiger partial charge in [-0.1, -0.05) is 36.4 Å². The zero-order chi connectivity index (χ0) is 14.5. The largest absolute Gasteiger partial charge is 0.502 e. The molecule has 0 aromatic heterocycles. The smallest absolute Gasteiger partial charge is 0.311 e. The van der Waals surface area contributed by atoms with Crippen LogP contribution in [0, 0.1) is 10.1 Å². The van der Waals surface area contributed by atoms with Crippen LogP contribution in [0.15, 0.2) is 53.5 Å². The molecule has 102 valence electrons. The highest BCUT2D eigenvalue weighted by Gasteiger charge is 2.15. The monoisotopic (exact) mass is 270 g/mol. The van der Waals surface area contributed by atoms with E-state index in [1.807, 2.05) is 37.3 Å². The van der Waals surface area contributed by atoms with Gasteiger partial charge in [0.2, 0.25) is 5.75 Å². The Balaban J connectivity index is 2.24. The van der Waals surface area contributed by atoms with Gasteiger partial charge < -0.3 is 5.11 Å². The van der Waals surface area contributed by atoms with Gasteiger partial charge in [-0.15, -0.1) is 0 Å². The van der Waals surface area contributed by atoms with Crippen LogP contribution in [0.1, 0.15) is 24.1 Å². The van der Waals surface area contributed by atoms with Gasteiger partial charge in [0.25, 0.3) is 0 Å². The molecule has 1 N–H and O–H groups in total. The lowest BCUT2D eigenvalue weighted by Crippen LogP contribution is -1.94. The minimum absolute atomic E-state index is 0.0881. The molecule has 2 rings (SSSR count). The summed E-state index contributed by atoms with van der Waals surface area (Å²) in [5, 5.41) is 20.5. The van der Waals surface area contributed by atoms with Crippen molar-refractivity contribution in [2.24, 2.45) is 4.99 Å². The number of rotatable bonds is 4. The van der Waals surface area contributed by atoms with Crippen LogP contribution in [0.2, 0.25) is 0 Å². The fourth-order valence-electron chi connectivity index (χ4n) is 1.81. The fourth-order valence-corrected chi connectivity index (χ4v) is 1.81. The lowest BCUT2D eigenvalue weighted by atomic mass is 10.1. The molecule has 2 aromatic carbocycles. The van der Waals surface area contributed by atoms with E-state index in [0.29, 0.717) is 5.56 Å². The van der Waals surface area contributed by atoms with Crippen molar-refractivity contribution in [1.82, 2.24) is 0 Å². The first-order valence-electron chi connectivity index (χ1n) is 6.14. The van der Waals surface area contributed by atoms with Crippen LogP contribution in [0.5, 0.6) is 5.75 Å². The third-order valence-electron chi connectivity index (χ3n) is 2.96. The average molecular weight is 270 g/mol. The summed E-state index contributed by atoms with van der Waals surface area (Å²) in [6, 6.07) is 14.0. The van der Waals surface area contributed by atoms with Crippen LogP contribution in [-0.4, -0.2) is 16.2 Å². The zero-order valence-corrected chi connectivity index (χ0v) is 10.9. The van der Waals surface area contributed by atoms with Crippen molar-refractivity contribution < 1.29 is 10.0 Å². The van der Waals surface area contributed by atoms with E-state index in [9.17, 15) is 15.2 Å². The number of nitrogens with zero attached hydrogens (tertiary/aromatic N) is 2. The fraction of sp³-hybridized carbons (Fsp3) is 0.133. The standard InChI is InChI=1S/C15H14N2O3/c1-11(12-6-3-2-4-7-12)16-10-13-8-5-9-14(15(13)18)17(19)20/h2-11,18H,1H3/t11-/m0/s1. The number of phenols is 1. The molecule has 1 atom stereocenters. The maximum atomic E-state index is 10.7. The van der Waals surface area contributed by atoms with Crippen molar-refractivity contribution in [3.63, 3.8) is 0 Å². The lowest BCUT2D eigenvalue weighted by Gasteiger charge is -2.06. The summed E-state index contributed by atoms with van der Waals surface area (Å²) in [6.07, 6.45) is 1.46. The number of para-hydroxylation sites is 1. The third-order valence-corrected chi connectivity index (χ3v) is 2.96. The molecule has 0 aliphatic heterocycles. The van der Waals surface area contributed by atoms with E-state index in [1.165, 1.54) is 18.3 Å². The van der Waals surface area contributed by atoms with Gasteiger partial charge in [0.05, 0.1) is 11.0 Å². The SMILES string of the molecule is C[C@H](N=Cc1cccc([N+](=O)[O-])c1O)c1ccccc1. The number of aliphatic imine (C=N–C) groups is 1. The highest BCUT2D eigenvalue weighted by Crippen LogP contribution is 2.28. The highest BCUT2D eigenvalue weighted by atomic mass is 16.6. The Labute approximate surface area is 116 Å². The van der Waals surface area contributed by atoms with Crippen LogP contribution >= 0.6 is 0 Å². The summed E-state index contributed by atoms with van der Waals surface area (Å²) < 4.78 is 0. The molecular weight excluding hydrogens is 256 g/mol. The predicted molar refractivity (Wildman–Crippen MR) is 77.2 cm³/mol. The van der Waals surface area contributed by atoms with Gasteiger partial charge >= 0.3 is 5.69 Å². The van der Waals surface area contributed by atoms with E-state index in [-0.39, 0.29) is 17.5 Å².